The molecule has 0 saturated heterocycles. The first kappa shape index (κ1) is 15.0. The number of rotatable bonds is 3. The molecule has 0 amide bonds. The van der Waals surface area contributed by atoms with Crippen LogP contribution in [0.15, 0.2) is 45.3 Å². The van der Waals surface area contributed by atoms with Crippen molar-refractivity contribution in [3.63, 3.8) is 0 Å². The van der Waals surface area contributed by atoms with Gasteiger partial charge in [-0.3, -0.25) is 0 Å². The molecule has 0 aliphatic heterocycles. The number of methoxy groups -OCH3 is 1. The van der Waals surface area contributed by atoms with Crippen molar-refractivity contribution in [2.45, 2.75) is 4.83 Å². The van der Waals surface area contributed by atoms with Crippen molar-refractivity contribution in [1.82, 2.24) is 0 Å². The zero-order valence-corrected chi connectivity index (χ0v) is 14.7. The van der Waals surface area contributed by atoms with Crippen molar-refractivity contribution in [3.8, 4) is 5.75 Å². The zero-order valence-electron chi connectivity index (χ0n) is 9.96. The van der Waals surface area contributed by atoms with E-state index in [0.717, 1.165) is 21.3 Å². The Morgan fingerprint density at radius 2 is 1.58 bits per heavy atom. The van der Waals surface area contributed by atoms with Gasteiger partial charge in [0.2, 0.25) is 0 Å². The number of hydrogen-bond acceptors (Lipinski definition) is 1. The average Bonchev–Trinajstić information content (AvgIpc) is 2.41. The maximum atomic E-state index is 13.2. The summed E-state index contributed by atoms with van der Waals surface area (Å²) in [6, 6.07) is 10.8. The van der Waals surface area contributed by atoms with Gasteiger partial charge in [-0.25, -0.2) is 4.39 Å². The van der Waals surface area contributed by atoms with Crippen LogP contribution in [0.5, 0.6) is 5.75 Å². The van der Waals surface area contributed by atoms with Gasteiger partial charge in [0, 0.05) is 0 Å². The molecule has 0 fully saturated rings. The Labute approximate surface area is 136 Å². The normalized spacial score (nSPS) is 12.3. The van der Waals surface area contributed by atoms with Crippen LogP contribution in [0.1, 0.15) is 16.0 Å². The highest BCUT2D eigenvalue weighted by Crippen LogP contribution is 2.36. The zero-order chi connectivity index (χ0) is 14.0. The van der Waals surface area contributed by atoms with Crippen LogP contribution in [0.3, 0.4) is 0 Å². The molecule has 19 heavy (non-hydrogen) atoms. The monoisotopic (exact) mass is 450 g/mol. The second kappa shape index (κ2) is 6.37. The van der Waals surface area contributed by atoms with Gasteiger partial charge < -0.3 is 4.74 Å². The fourth-order valence-corrected chi connectivity index (χ4v) is 3.23. The molecule has 0 aromatic heterocycles. The summed E-state index contributed by atoms with van der Waals surface area (Å²) in [4.78, 5) is -0.00777. The number of ether oxygens (including phenoxy) is 1. The maximum Gasteiger partial charge on any atom is 0.137 e. The Morgan fingerprint density at radius 3 is 2.11 bits per heavy atom. The van der Waals surface area contributed by atoms with Crippen molar-refractivity contribution < 1.29 is 9.13 Å². The first-order valence-corrected chi connectivity index (χ1v) is 7.95. The molecule has 0 N–H and O–H groups in total. The minimum Gasteiger partial charge on any atom is -0.496 e. The van der Waals surface area contributed by atoms with E-state index in [1.807, 2.05) is 18.2 Å². The van der Waals surface area contributed by atoms with Gasteiger partial charge in [0.15, 0.2) is 0 Å². The summed E-state index contributed by atoms with van der Waals surface area (Å²) in [6.45, 7) is 0. The minimum absolute atomic E-state index is 0.00777. The van der Waals surface area contributed by atoms with Crippen molar-refractivity contribution in [1.29, 1.82) is 0 Å². The lowest BCUT2D eigenvalue weighted by Gasteiger charge is -2.13. The third-order valence-electron chi connectivity index (χ3n) is 2.70. The van der Waals surface area contributed by atoms with Crippen LogP contribution in [-0.4, -0.2) is 7.11 Å². The van der Waals surface area contributed by atoms with E-state index >= 15 is 0 Å². The highest BCUT2D eigenvalue weighted by molar-refractivity contribution is 9.11. The van der Waals surface area contributed by atoms with E-state index < -0.39 is 0 Å². The predicted molar refractivity (Wildman–Crippen MR) is 85.6 cm³/mol. The fraction of sp³-hybridized carbons (Fsp3) is 0.143. The summed E-state index contributed by atoms with van der Waals surface area (Å²) in [7, 11) is 1.63. The van der Waals surface area contributed by atoms with Gasteiger partial charge in [0.1, 0.15) is 11.6 Å². The lowest BCUT2D eigenvalue weighted by atomic mass is 10.0. The third kappa shape index (κ3) is 3.38. The standard InChI is InChI=1S/C14H10Br3FO/c1-19-13-5-3-9(7-11(13)16)14(17)8-2-4-12(18)10(15)6-8/h2-7,14H,1H3. The van der Waals surface area contributed by atoms with E-state index in [1.165, 1.54) is 6.07 Å². The van der Waals surface area contributed by atoms with E-state index in [9.17, 15) is 4.39 Å². The summed E-state index contributed by atoms with van der Waals surface area (Å²) in [5.74, 6) is 0.517. The molecule has 1 nitrogen and oxygen atoms in total. The molecule has 0 radical (unpaired) electrons. The number of halogens is 4. The molecular formula is C14H10Br3FO. The summed E-state index contributed by atoms with van der Waals surface area (Å²) >= 11 is 10.3. The first-order chi connectivity index (χ1) is 9.02. The molecule has 0 bridgehead atoms. The molecule has 2 aromatic rings. The first-order valence-electron chi connectivity index (χ1n) is 5.45. The second-order valence-electron chi connectivity index (χ2n) is 3.93. The molecule has 0 spiro atoms. The van der Waals surface area contributed by atoms with E-state index in [-0.39, 0.29) is 10.6 Å². The Hall–Kier alpha value is -0.390. The van der Waals surface area contributed by atoms with Crippen molar-refractivity contribution in [2.75, 3.05) is 7.11 Å². The summed E-state index contributed by atoms with van der Waals surface area (Å²) in [5.41, 5.74) is 2.04. The predicted octanol–water partition coefficient (Wildman–Crippen LogP) is 5.84. The average molecular weight is 453 g/mol. The Morgan fingerprint density at radius 1 is 1.00 bits per heavy atom. The van der Waals surface area contributed by atoms with Gasteiger partial charge in [0.25, 0.3) is 0 Å². The number of hydrogen-bond donors (Lipinski definition) is 0. The molecule has 0 heterocycles. The molecular weight excluding hydrogens is 443 g/mol. The summed E-state index contributed by atoms with van der Waals surface area (Å²) in [5, 5.41) is 0. The quantitative estimate of drug-likeness (QED) is 0.531. The summed E-state index contributed by atoms with van der Waals surface area (Å²) < 4.78 is 19.8. The molecule has 0 aliphatic rings. The molecule has 0 saturated carbocycles. The van der Waals surface area contributed by atoms with E-state index in [0.29, 0.717) is 4.47 Å². The van der Waals surface area contributed by atoms with Crippen LogP contribution in [0.4, 0.5) is 4.39 Å². The highest BCUT2D eigenvalue weighted by Gasteiger charge is 2.13. The smallest absolute Gasteiger partial charge is 0.137 e. The lowest BCUT2D eigenvalue weighted by molar-refractivity contribution is 0.412. The Kier molecular flexibility index (Phi) is 5.03. The molecule has 0 aliphatic carbocycles. The van der Waals surface area contributed by atoms with Crippen LogP contribution < -0.4 is 4.74 Å². The van der Waals surface area contributed by atoms with Gasteiger partial charge in [0.05, 0.1) is 20.9 Å². The fourth-order valence-electron chi connectivity index (χ4n) is 1.70. The minimum atomic E-state index is -0.264. The van der Waals surface area contributed by atoms with Gasteiger partial charge in [-0.1, -0.05) is 28.1 Å². The van der Waals surface area contributed by atoms with Crippen molar-refractivity contribution in [3.05, 3.63) is 62.3 Å². The molecule has 1 unspecified atom stereocenters. The number of benzene rings is 2. The highest BCUT2D eigenvalue weighted by atomic mass is 79.9. The Bertz CT molecular complexity index is 601. The van der Waals surface area contributed by atoms with Crippen LogP contribution in [0.25, 0.3) is 0 Å². The van der Waals surface area contributed by atoms with E-state index in [2.05, 4.69) is 47.8 Å². The number of alkyl halides is 1. The third-order valence-corrected chi connectivity index (χ3v) is 4.99. The lowest BCUT2D eigenvalue weighted by Crippen LogP contribution is -1.95. The molecule has 5 heteroatoms. The van der Waals surface area contributed by atoms with Gasteiger partial charge >= 0.3 is 0 Å². The van der Waals surface area contributed by atoms with Crippen LogP contribution >= 0.6 is 47.8 Å². The Balaban J connectivity index is 2.35. The van der Waals surface area contributed by atoms with Crippen LogP contribution in [0.2, 0.25) is 0 Å². The van der Waals surface area contributed by atoms with E-state index in [1.54, 1.807) is 19.2 Å². The molecule has 1 atom stereocenters. The maximum absolute atomic E-state index is 13.2. The van der Waals surface area contributed by atoms with Gasteiger partial charge in [-0.05, 0) is 67.3 Å². The molecule has 2 rings (SSSR count). The topological polar surface area (TPSA) is 9.23 Å². The molecule has 2 aromatic carbocycles. The summed E-state index contributed by atoms with van der Waals surface area (Å²) in [6.07, 6.45) is 0. The van der Waals surface area contributed by atoms with Crippen LogP contribution in [0, 0.1) is 5.82 Å². The SMILES string of the molecule is COc1ccc(C(Br)c2ccc(F)c(Br)c2)cc1Br. The van der Waals surface area contributed by atoms with Gasteiger partial charge in [-0.15, -0.1) is 0 Å². The van der Waals surface area contributed by atoms with Crippen molar-refractivity contribution >= 4 is 47.8 Å². The van der Waals surface area contributed by atoms with Crippen molar-refractivity contribution in [2.24, 2.45) is 0 Å². The largest absolute Gasteiger partial charge is 0.496 e. The second-order valence-corrected chi connectivity index (χ2v) is 6.55. The van der Waals surface area contributed by atoms with E-state index in [4.69, 9.17) is 4.74 Å². The molecule has 100 valence electrons. The van der Waals surface area contributed by atoms with Gasteiger partial charge in [-0.2, -0.15) is 0 Å². The van der Waals surface area contributed by atoms with Crippen LogP contribution in [-0.2, 0) is 0 Å².